The van der Waals surface area contributed by atoms with Crippen LogP contribution in [0.5, 0.6) is 5.75 Å². The van der Waals surface area contributed by atoms with Crippen LogP contribution in [-0.4, -0.2) is 244 Å². The summed E-state index contributed by atoms with van der Waals surface area (Å²) in [6, 6.07) is 12.6. The zero-order valence-corrected chi connectivity index (χ0v) is 57.3. The van der Waals surface area contributed by atoms with Crippen molar-refractivity contribution in [1.82, 2.24) is 10.6 Å². The molecule has 102 heavy (non-hydrogen) atoms. The van der Waals surface area contributed by atoms with Gasteiger partial charge in [-0.2, -0.15) is 0 Å². The molecule has 4 aliphatic heterocycles. The summed E-state index contributed by atoms with van der Waals surface area (Å²) >= 11 is 3.29. The third kappa shape index (κ3) is 22.5. The number of para-hydroxylation sites is 1. The predicted octanol–water partition coefficient (Wildman–Crippen LogP) is -1.05. The van der Waals surface area contributed by atoms with Gasteiger partial charge >= 0.3 is 53.7 Å². The predicted molar refractivity (Wildman–Crippen MR) is 335 cm³/mol. The largest absolute Gasteiger partial charge is 0.479 e. The van der Waals surface area contributed by atoms with E-state index < -0.39 is 219 Å². The van der Waals surface area contributed by atoms with Crippen molar-refractivity contribution in [1.29, 1.82) is 0 Å². The molecule has 0 radical (unpaired) electrons. The van der Waals surface area contributed by atoms with E-state index in [-0.39, 0.29) is 34.0 Å². The maximum atomic E-state index is 12.9. The van der Waals surface area contributed by atoms with Crippen molar-refractivity contribution in [2.45, 2.75) is 191 Å². The van der Waals surface area contributed by atoms with E-state index >= 15 is 0 Å². The molecule has 4 fully saturated rings. The molecule has 0 saturated carbocycles. The lowest BCUT2D eigenvalue weighted by molar-refractivity contribution is -0.384. The highest BCUT2D eigenvalue weighted by molar-refractivity contribution is 9.10. The van der Waals surface area contributed by atoms with E-state index in [0.717, 1.165) is 78.9 Å². The summed E-state index contributed by atoms with van der Waals surface area (Å²) in [6.45, 7) is 7.26. The number of carbonyl (C=O) groups excluding carboxylic acids is 11. The summed E-state index contributed by atoms with van der Waals surface area (Å²) in [6.07, 6.45) is -32.0. The molecule has 0 aromatic heterocycles. The second-order valence-corrected chi connectivity index (χ2v) is 23.9. The molecule has 4 aliphatic rings. The number of aliphatic carboxylic acids is 1. The molecule has 7 rings (SSSR count). The summed E-state index contributed by atoms with van der Waals surface area (Å²) < 4.78 is 85.4. The normalized spacial score (nSPS) is 28.8. The van der Waals surface area contributed by atoms with Crippen LogP contribution in [0, 0.1) is 10.1 Å². The maximum absolute atomic E-state index is 12.9. The SMILES string of the molecule is CC(=O)N[C@H]1[C@H](OC[C@H]2O[C@H](Oc3ccc([N+](=O)[O-])cc3)[C@H](NC(C)=O)[C@@H](O[C@@H]3O[C@H](COC(C)=O)[C@H](OC(C)=O)[C@H](OC(C)=O)[C@H]3OC(C)=O)[C@H]2O)O[C@H](COC(C)=O)[C@@H](OC(C)=O)[C@@H]1OC(C)=O.Nc1c(CC(=O)O[C@@H]2O[C@H](C(=O)O)[C@@H](O)[C@H](O)[C@H]2O)cccc1C(=O)c1ccc(Br)cc1. The molecule has 3 aromatic carbocycles. The van der Waals surface area contributed by atoms with Gasteiger partial charge in [0.2, 0.25) is 24.4 Å². The first-order chi connectivity index (χ1) is 47.9. The highest BCUT2D eigenvalue weighted by Gasteiger charge is 2.58. The minimum Gasteiger partial charge on any atom is -0.479 e. The first-order valence-electron chi connectivity index (χ1n) is 30.7. The molecule has 2 amide bonds. The van der Waals surface area contributed by atoms with Gasteiger partial charge in [0.15, 0.2) is 55.0 Å². The maximum Gasteiger partial charge on any atom is 0.335 e. The van der Waals surface area contributed by atoms with Gasteiger partial charge in [0, 0.05) is 95.7 Å². The van der Waals surface area contributed by atoms with E-state index in [4.69, 9.17) is 81.9 Å². The molecule has 20 atom stereocenters. The Balaban J connectivity index is 0.000000423. The van der Waals surface area contributed by atoms with Crippen molar-refractivity contribution < 1.29 is 159 Å². The summed E-state index contributed by atoms with van der Waals surface area (Å²) in [4.78, 5) is 159. The van der Waals surface area contributed by atoms with Crippen molar-refractivity contribution in [3.05, 3.63) is 98.0 Å². The van der Waals surface area contributed by atoms with E-state index in [1.54, 1.807) is 24.3 Å². The molecule has 0 aliphatic carbocycles. The number of carboxylic acids is 1. The van der Waals surface area contributed by atoms with Gasteiger partial charge < -0.3 is 113 Å². The number of nitrogens with two attached hydrogens (primary N) is 1. The standard InChI is InChI=1S/C42H55N3O25.C21H20BrNO9/c1-17(46)43-31-36(70-42-39(65-25(9)54)38(64-24(8)53)35(62-22(6)51)30(69-42)16-59-20(4)49)33(55)28(67-41(31)66-27-12-10-26(11-13-27)45(56)57)14-60-40-32(44-18(2)47)37(63-23(7)52)34(61-21(5)50)29(68-40)15-58-19(3)48;22-11-6-4-9(5-7-11)15(25)12-3-1-2-10(14(12)23)8-13(24)31-21-18(28)16(26)17(27)19(32-21)20(29)30/h10-13,28-42,55H,14-16H2,1-9H3,(H,43,46)(H,44,47);1-7,16-19,21,26-28H,8,23H2,(H,29,30)/t28-,29-,30-,31-,32-,33+,34-,35+,36-,37-,38+,39-,40-,41+,42+;16-,17-,18+,19-,21+/m10/s1. The number of carboxylic acid groups (broad SMARTS) is 1. The van der Waals surface area contributed by atoms with Crippen molar-refractivity contribution in [3.8, 4) is 5.75 Å². The average molecular weight is 1510 g/mol. The molecular formula is C63H75BrN4O34. The fourth-order valence-electron chi connectivity index (χ4n) is 10.8. The van der Waals surface area contributed by atoms with Crippen LogP contribution in [0.15, 0.2) is 71.2 Å². The van der Waals surface area contributed by atoms with Crippen molar-refractivity contribution in [2.24, 2.45) is 0 Å². The Morgan fingerprint density at radius 1 is 0.520 bits per heavy atom. The Labute approximate surface area is 587 Å². The van der Waals surface area contributed by atoms with Gasteiger partial charge in [-0.25, -0.2) is 4.79 Å². The molecule has 38 nitrogen and oxygen atoms in total. The number of anilines is 1. The number of benzene rings is 3. The quantitative estimate of drug-likeness (QED) is 0.0125. The van der Waals surface area contributed by atoms with Gasteiger partial charge in [0.05, 0.1) is 18.0 Å². The van der Waals surface area contributed by atoms with Gasteiger partial charge in [0.25, 0.3) is 5.69 Å². The van der Waals surface area contributed by atoms with Gasteiger partial charge in [0.1, 0.15) is 79.9 Å². The highest BCUT2D eigenvalue weighted by Crippen LogP contribution is 2.36. The molecule has 0 unspecified atom stereocenters. The molecule has 558 valence electrons. The number of nitrogen functional groups attached to an aromatic ring is 1. The Morgan fingerprint density at radius 3 is 1.52 bits per heavy atom. The molecule has 9 N–H and O–H groups in total. The zero-order valence-electron chi connectivity index (χ0n) is 55.7. The smallest absolute Gasteiger partial charge is 0.335 e. The minimum absolute atomic E-state index is 0.0568. The van der Waals surface area contributed by atoms with E-state index in [0.29, 0.717) is 5.56 Å². The molecule has 0 bridgehead atoms. The Kier molecular flexibility index (Phi) is 29.5. The number of nitrogens with zero attached hydrogens (tertiary/aromatic N) is 1. The van der Waals surface area contributed by atoms with Crippen LogP contribution in [-0.2, 0) is 125 Å². The van der Waals surface area contributed by atoms with Gasteiger partial charge in [-0.05, 0) is 48.0 Å². The number of nitrogens with one attached hydrogen (secondary N) is 2. The lowest BCUT2D eigenvalue weighted by Gasteiger charge is -2.49. The van der Waals surface area contributed by atoms with Crippen LogP contribution < -0.4 is 21.1 Å². The average Bonchev–Trinajstić information content (AvgIpc) is 0.778. The third-order valence-corrected chi connectivity index (χ3v) is 15.6. The number of amides is 2. The molecule has 39 heteroatoms. The van der Waals surface area contributed by atoms with Gasteiger partial charge in [-0.3, -0.25) is 62.9 Å². The van der Waals surface area contributed by atoms with E-state index in [1.807, 2.05) is 0 Å². The number of carbonyl (C=O) groups is 12. The molecule has 3 aromatic rings. The number of rotatable bonds is 25. The van der Waals surface area contributed by atoms with Crippen molar-refractivity contribution in [2.75, 3.05) is 25.6 Å². The van der Waals surface area contributed by atoms with Crippen molar-refractivity contribution >= 4 is 98.6 Å². The highest BCUT2D eigenvalue weighted by atomic mass is 79.9. The lowest BCUT2D eigenvalue weighted by Crippen LogP contribution is -2.70. The number of hydrogen-bond donors (Lipinski definition) is 8. The number of nitro groups is 1. The number of ether oxygens (including phenoxy) is 15. The van der Waals surface area contributed by atoms with E-state index in [2.05, 4.69) is 26.6 Å². The Bertz CT molecular complexity index is 3540. The van der Waals surface area contributed by atoms with E-state index in [9.17, 15) is 88.1 Å². The van der Waals surface area contributed by atoms with Crippen LogP contribution >= 0.6 is 15.9 Å². The summed E-state index contributed by atoms with van der Waals surface area (Å²) in [7, 11) is 0. The van der Waals surface area contributed by atoms with Gasteiger partial charge in [-0.1, -0.05) is 28.1 Å². The fraction of sp³-hybridized carbons (Fsp3) is 0.524. The zero-order chi connectivity index (χ0) is 75.7. The minimum atomic E-state index is -2.00. The molecule has 0 spiro atoms. The number of ketones is 1. The number of non-ortho nitro benzene ring substituents is 1. The summed E-state index contributed by atoms with van der Waals surface area (Å²) in [5.41, 5.74) is 6.65. The summed E-state index contributed by atoms with van der Waals surface area (Å²) in [5, 5.41) is 67.3. The number of esters is 8. The van der Waals surface area contributed by atoms with Crippen LogP contribution in [0.1, 0.15) is 83.8 Å². The van der Waals surface area contributed by atoms with Crippen LogP contribution in [0.4, 0.5) is 11.4 Å². The Hall–Kier alpha value is -9.42. The molecule has 4 heterocycles. The number of nitro benzene ring substituents is 1. The first-order valence-corrected chi connectivity index (χ1v) is 31.5. The molecule has 4 saturated heterocycles. The number of aliphatic hydroxyl groups excluding tert-OH is 4. The van der Waals surface area contributed by atoms with Gasteiger partial charge in [-0.15, -0.1) is 0 Å². The topological polar surface area (TPSA) is 538 Å². The molecular weight excluding hydrogens is 1440 g/mol. The first kappa shape index (κ1) is 81.5. The fourth-order valence-corrected chi connectivity index (χ4v) is 11.0. The third-order valence-electron chi connectivity index (χ3n) is 15.0. The second-order valence-electron chi connectivity index (χ2n) is 23.0. The van der Waals surface area contributed by atoms with E-state index in [1.165, 1.54) is 30.3 Å². The number of halogens is 1. The monoisotopic (exact) mass is 1510 g/mol. The van der Waals surface area contributed by atoms with Crippen LogP contribution in [0.3, 0.4) is 0 Å². The Morgan fingerprint density at radius 2 is 1.01 bits per heavy atom. The lowest BCUT2D eigenvalue weighted by atomic mass is 9.94. The number of aliphatic hydroxyl groups is 4. The van der Waals surface area contributed by atoms with Crippen molar-refractivity contribution in [3.63, 3.8) is 0 Å². The second kappa shape index (κ2) is 37.0. The van der Waals surface area contributed by atoms with Crippen LogP contribution in [0.25, 0.3) is 0 Å². The van der Waals surface area contributed by atoms with Crippen LogP contribution in [0.2, 0.25) is 0 Å². The summed E-state index contributed by atoms with van der Waals surface area (Å²) in [5.74, 6) is -10.8. The number of hydrogen-bond acceptors (Lipinski definition) is 34.